The van der Waals surface area contributed by atoms with Gasteiger partial charge >= 0.3 is 0 Å². The minimum Gasteiger partial charge on any atom is -0.326 e. The van der Waals surface area contributed by atoms with Gasteiger partial charge in [-0.2, -0.15) is 0 Å². The third-order valence-corrected chi connectivity index (χ3v) is 4.84. The number of likely N-dealkylation sites (tertiary alicyclic amines) is 1. The summed E-state index contributed by atoms with van der Waals surface area (Å²) in [6.45, 7) is 11.7. The molecule has 0 amide bonds. The van der Waals surface area contributed by atoms with Crippen molar-refractivity contribution in [3.63, 3.8) is 0 Å². The average Bonchev–Trinajstić information content (AvgIpc) is 2.84. The Balaban J connectivity index is 2.84. The Bertz CT molecular complexity index is 193. The first-order valence-corrected chi connectivity index (χ1v) is 7.13. The van der Waals surface area contributed by atoms with Gasteiger partial charge in [-0.15, -0.1) is 0 Å². The summed E-state index contributed by atoms with van der Waals surface area (Å²) in [6.07, 6.45) is 6.28. The van der Waals surface area contributed by atoms with E-state index in [1.807, 2.05) is 0 Å². The fourth-order valence-electron chi connectivity index (χ4n) is 3.33. The fraction of sp³-hybridized carbons (Fsp3) is 1.00. The number of nitrogens with two attached hydrogens (primary N) is 1. The average molecular weight is 226 g/mol. The predicted octanol–water partition coefficient (Wildman–Crippen LogP) is 3.01. The van der Waals surface area contributed by atoms with Crippen molar-refractivity contribution in [1.82, 2.24) is 4.90 Å². The molecule has 96 valence electrons. The third kappa shape index (κ3) is 2.43. The van der Waals surface area contributed by atoms with Crippen molar-refractivity contribution in [2.75, 3.05) is 13.1 Å². The molecule has 2 heteroatoms. The molecule has 0 aromatic heterocycles. The van der Waals surface area contributed by atoms with Gasteiger partial charge in [0.15, 0.2) is 0 Å². The van der Waals surface area contributed by atoms with Crippen LogP contribution in [-0.2, 0) is 0 Å². The van der Waals surface area contributed by atoms with E-state index in [9.17, 15) is 0 Å². The van der Waals surface area contributed by atoms with Crippen LogP contribution in [0.15, 0.2) is 0 Å². The lowest BCUT2D eigenvalue weighted by Crippen LogP contribution is -2.60. The van der Waals surface area contributed by atoms with Crippen molar-refractivity contribution < 1.29 is 0 Å². The maximum Gasteiger partial charge on any atom is 0.0357 e. The first-order chi connectivity index (χ1) is 7.62. The Morgan fingerprint density at radius 2 is 1.62 bits per heavy atom. The molecule has 2 atom stereocenters. The van der Waals surface area contributed by atoms with Crippen LogP contribution in [0.5, 0.6) is 0 Å². The lowest BCUT2D eigenvalue weighted by atomic mass is 9.76. The highest BCUT2D eigenvalue weighted by Crippen LogP contribution is 2.34. The lowest BCUT2D eigenvalue weighted by Gasteiger charge is -2.47. The van der Waals surface area contributed by atoms with Crippen LogP contribution in [-0.4, -0.2) is 29.6 Å². The van der Waals surface area contributed by atoms with E-state index in [1.165, 1.54) is 45.2 Å². The summed E-state index contributed by atoms with van der Waals surface area (Å²) in [5, 5.41) is 0. The molecular formula is C14H30N2. The zero-order valence-corrected chi connectivity index (χ0v) is 11.6. The normalized spacial score (nSPS) is 22.3. The second kappa shape index (κ2) is 6.02. The van der Waals surface area contributed by atoms with Gasteiger partial charge in [0, 0.05) is 11.6 Å². The summed E-state index contributed by atoms with van der Waals surface area (Å²) in [5.41, 5.74) is 6.82. The number of nitrogens with zero attached hydrogens (tertiary/aromatic N) is 1. The van der Waals surface area contributed by atoms with E-state index in [-0.39, 0.29) is 5.54 Å². The zero-order chi connectivity index (χ0) is 12.2. The van der Waals surface area contributed by atoms with E-state index in [4.69, 9.17) is 5.73 Å². The Kier molecular flexibility index (Phi) is 5.26. The molecule has 0 bridgehead atoms. The first-order valence-electron chi connectivity index (χ1n) is 7.13. The topological polar surface area (TPSA) is 29.3 Å². The molecule has 2 N–H and O–H groups in total. The molecule has 2 nitrogen and oxygen atoms in total. The maximum atomic E-state index is 6.57. The fourth-order valence-corrected chi connectivity index (χ4v) is 3.33. The van der Waals surface area contributed by atoms with Crippen LogP contribution >= 0.6 is 0 Å². The van der Waals surface area contributed by atoms with Crippen LogP contribution in [0.1, 0.15) is 59.8 Å². The van der Waals surface area contributed by atoms with Crippen LogP contribution in [0.3, 0.4) is 0 Å². The monoisotopic (exact) mass is 226 g/mol. The molecule has 0 spiro atoms. The lowest BCUT2D eigenvalue weighted by molar-refractivity contribution is 0.0564. The Hall–Kier alpha value is -0.0800. The van der Waals surface area contributed by atoms with Gasteiger partial charge in [-0.1, -0.05) is 34.1 Å². The van der Waals surface area contributed by atoms with Gasteiger partial charge in [-0.3, -0.25) is 4.90 Å². The number of hydrogen-bond donors (Lipinski definition) is 1. The Labute approximate surface area is 102 Å². The van der Waals surface area contributed by atoms with Gasteiger partial charge in [0.25, 0.3) is 0 Å². The molecule has 1 saturated heterocycles. The molecular weight excluding hydrogens is 196 g/mol. The van der Waals surface area contributed by atoms with Crippen molar-refractivity contribution in [2.24, 2.45) is 11.7 Å². The van der Waals surface area contributed by atoms with Crippen molar-refractivity contribution in [1.29, 1.82) is 0 Å². The molecule has 16 heavy (non-hydrogen) atoms. The molecule has 1 heterocycles. The summed E-state index contributed by atoms with van der Waals surface area (Å²) < 4.78 is 0. The number of rotatable bonds is 6. The van der Waals surface area contributed by atoms with E-state index in [0.717, 1.165) is 0 Å². The molecule has 1 rings (SSSR count). The van der Waals surface area contributed by atoms with Crippen LogP contribution in [0.25, 0.3) is 0 Å². The van der Waals surface area contributed by atoms with Crippen molar-refractivity contribution in [2.45, 2.75) is 71.4 Å². The van der Waals surface area contributed by atoms with E-state index in [0.29, 0.717) is 12.0 Å². The van der Waals surface area contributed by atoms with Gasteiger partial charge in [0.05, 0.1) is 0 Å². The summed E-state index contributed by atoms with van der Waals surface area (Å²) in [5.74, 6) is 0.625. The van der Waals surface area contributed by atoms with Gasteiger partial charge in [0.2, 0.25) is 0 Å². The van der Waals surface area contributed by atoms with Crippen molar-refractivity contribution >= 4 is 0 Å². The van der Waals surface area contributed by atoms with Crippen LogP contribution in [0.2, 0.25) is 0 Å². The highest BCUT2D eigenvalue weighted by atomic mass is 15.2. The van der Waals surface area contributed by atoms with Crippen LogP contribution in [0, 0.1) is 5.92 Å². The molecule has 1 aliphatic rings. The number of hydrogen-bond acceptors (Lipinski definition) is 2. The molecule has 0 aliphatic carbocycles. The summed E-state index contributed by atoms with van der Waals surface area (Å²) in [6, 6.07) is 0.325. The summed E-state index contributed by atoms with van der Waals surface area (Å²) >= 11 is 0. The smallest absolute Gasteiger partial charge is 0.0357 e. The molecule has 2 unspecified atom stereocenters. The third-order valence-electron chi connectivity index (χ3n) is 4.84. The minimum atomic E-state index is 0.256. The maximum absolute atomic E-state index is 6.57. The van der Waals surface area contributed by atoms with Gasteiger partial charge in [0.1, 0.15) is 0 Å². The SMILES string of the molecule is CCC(C)C(N)C(CC)(CC)N1CCCC1. The Morgan fingerprint density at radius 1 is 1.12 bits per heavy atom. The predicted molar refractivity (Wildman–Crippen MR) is 71.6 cm³/mol. The summed E-state index contributed by atoms with van der Waals surface area (Å²) in [7, 11) is 0. The highest BCUT2D eigenvalue weighted by molar-refractivity contribution is 5.00. The summed E-state index contributed by atoms with van der Waals surface area (Å²) in [4.78, 5) is 2.67. The quantitative estimate of drug-likeness (QED) is 0.754. The second-order valence-electron chi connectivity index (χ2n) is 5.42. The minimum absolute atomic E-state index is 0.256. The first kappa shape index (κ1) is 14.0. The Morgan fingerprint density at radius 3 is 2.00 bits per heavy atom. The standard InChI is InChI=1S/C14H30N2/c1-5-12(4)13(15)14(6-2,7-3)16-10-8-9-11-16/h12-13H,5-11,15H2,1-4H3. The van der Waals surface area contributed by atoms with E-state index >= 15 is 0 Å². The van der Waals surface area contributed by atoms with E-state index in [2.05, 4.69) is 32.6 Å². The van der Waals surface area contributed by atoms with Gasteiger partial charge in [-0.25, -0.2) is 0 Å². The van der Waals surface area contributed by atoms with Crippen LogP contribution in [0.4, 0.5) is 0 Å². The molecule has 0 aromatic carbocycles. The largest absolute Gasteiger partial charge is 0.326 e. The molecule has 0 aromatic rings. The molecule has 1 aliphatic heterocycles. The zero-order valence-electron chi connectivity index (χ0n) is 11.6. The molecule has 1 fully saturated rings. The van der Waals surface area contributed by atoms with E-state index < -0.39 is 0 Å². The van der Waals surface area contributed by atoms with Crippen molar-refractivity contribution in [3.05, 3.63) is 0 Å². The van der Waals surface area contributed by atoms with Gasteiger partial charge in [-0.05, 0) is 44.7 Å². The van der Waals surface area contributed by atoms with Gasteiger partial charge < -0.3 is 5.73 Å². The van der Waals surface area contributed by atoms with Crippen molar-refractivity contribution in [3.8, 4) is 0 Å². The van der Waals surface area contributed by atoms with E-state index in [1.54, 1.807) is 0 Å². The van der Waals surface area contributed by atoms with Crippen LogP contribution < -0.4 is 5.73 Å². The molecule has 0 radical (unpaired) electrons. The highest BCUT2D eigenvalue weighted by Gasteiger charge is 2.41. The second-order valence-corrected chi connectivity index (χ2v) is 5.42. The molecule has 0 saturated carbocycles.